The number of hydrogen-bond acceptors (Lipinski definition) is 4. The Morgan fingerprint density at radius 1 is 1.13 bits per heavy atom. The summed E-state index contributed by atoms with van der Waals surface area (Å²) in [7, 11) is 0. The molecule has 0 saturated heterocycles. The van der Waals surface area contributed by atoms with Crippen molar-refractivity contribution >= 4 is 23.1 Å². The molecular weight excluding hydrogens is 290 g/mol. The molecule has 116 valence electrons. The Bertz CT molecular complexity index is 763. The number of nitrogens with zero attached hydrogens (tertiary/aromatic N) is 1. The molecule has 2 aromatic carbocycles. The normalized spacial score (nSPS) is 9.74. The molecule has 23 heavy (non-hydrogen) atoms. The number of ketones is 1. The molecule has 1 amide bonds. The first-order chi connectivity index (χ1) is 11.1. The Balaban J connectivity index is 1.87. The Morgan fingerprint density at radius 3 is 2.65 bits per heavy atom. The van der Waals surface area contributed by atoms with E-state index in [1.807, 2.05) is 6.07 Å². The minimum atomic E-state index is -0.160. The molecule has 0 aliphatic carbocycles. The second-order valence-corrected chi connectivity index (χ2v) is 5.02. The van der Waals surface area contributed by atoms with Gasteiger partial charge in [-0.05, 0) is 31.2 Å². The molecule has 0 unspecified atom stereocenters. The Morgan fingerprint density at radius 2 is 1.91 bits per heavy atom. The van der Waals surface area contributed by atoms with Gasteiger partial charge in [0.15, 0.2) is 5.78 Å². The highest BCUT2D eigenvalue weighted by atomic mass is 16.1. The largest absolute Gasteiger partial charge is 0.383 e. The zero-order valence-electron chi connectivity index (χ0n) is 12.8. The number of hydrogen-bond donors (Lipinski definition) is 2. The smallest absolute Gasteiger partial charge is 0.226 e. The molecular formula is C18H17N3O2. The fraction of sp³-hybridized carbons (Fsp3) is 0.167. The van der Waals surface area contributed by atoms with Crippen LogP contribution in [-0.4, -0.2) is 18.2 Å². The zero-order valence-corrected chi connectivity index (χ0v) is 12.8. The van der Waals surface area contributed by atoms with Crippen molar-refractivity contribution in [3.8, 4) is 6.07 Å². The highest BCUT2D eigenvalue weighted by Gasteiger charge is 2.06. The van der Waals surface area contributed by atoms with E-state index in [0.717, 1.165) is 0 Å². The minimum absolute atomic E-state index is 0.0455. The third-order valence-electron chi connectivity index (χ3n) is 3.27. The molecule has 5 heteroatoms. The topological polar surface area (TPSA) is 82.0 Å². The Kier molecular flexibility index (Phi) is 5.48. The van der Waals surface area contributed by atoms with Crippen LogP contribution in [-0.2, 0) is 4.79 Å². The molecule has 2 N–H and O–H groups in total. The fourth-order valence-electron chi connectivity index (χ4n) is 2.08. The fourth-order valence-corrected chi connectivity index (χ4v) is 2.08. The minimum Gasteiger partial charge on any atom is -0.383 e. The van der Waals surface area contributed by atoms with Gasteiger partial charge in [0, 0.05) is 24.2 Å². The van der Waals surface area contributed by atoms with E-state index in [1.165, 1.54) is 6.92 Å². The number of carbonyl (C=O) groups excluding carboxylic acids is 2. The van der Waals surface area contributed by atoms with Gasteiger partial charge in [-0.25, -0.2) is 0 Å². The van der Waals surface area contributed by atoms with Gasteiger partial charge in [-0.2, -0.15) is 5.26 Å². The van der Waals surface area contributed by atoms with Crippen molar-refractivity contribution in [3.05, 3.63) is 59.7 Å². The molecule has 0 aromatic heterocycles. The van der Waals surface area contributed by atoms with Crippen LogP contribution in [0.1, 0.15) is 29.3 Å². The predicted molar refractivity (Wildman–Crippen MR) is 89.3 cm³/mol. The van der Waals surface area contributed by atoms with Crippen molar-refractivity contribution in [1.82, 2.24) is 0 Å². The van der Waals surface area contributed by atoms with E-state index in [2.05, 4.69) is 16.7 Å². The van der Waals surface area contributed by atoms with E-state index >= 15 is 0 Å². The predicted octanol–water partition coefficient (Wildman–Crippen LogP) is 3.20. The van der Waals surface area contributed by atoms with Crippen LogP contribution in [0.2, 0.25) is 0 Å². The van der Waals surface area contributed by atoms with Crippen LogP contribution in [0.4, 0.5) is 11.4 Å². The second kappa shape index (κ2) is 7.76. The average molecular weight is 307 g/mol. The van der Waals surface area contributed by atoms with Crippen molar-refractivity contribution < 1.29 is 9.59 Å². The summed E-state index contributed by atoms with van der Waals surface area (Å²) < 4.78 is 0. The molecule has 0 aliphatic rings. The van der Waals surface area contributed by atoms with Gasteiger partial charge < -0.3 is 10.6 Å². The number of anilines is 2. The SMILES string of the molecule is CC(=O)c1cccc(NC(=O)CCNc2ccccc2C#N)c1. The maximum absolute atomic E-state index is 11.9. The molecule has 0 saturated carbocycles. The first kappa shape index (κ1) is 16.2. The van der Waals surface area contributed by atoms with E-state index in [1.54, 1.807) is 42.5 Å². The summed E-state index contributed by atoms with van der Waals surface area (Å²) in [6.45, 7) is 1.90. The van der Waals surface area contributed by atoms with Crippen molar-refractivity contribution in [2.75, 3.05) is 17.2 Å². The number of nitriles is 1. The lowest BCUT2D eigenvalue weighted by atomic mass is 10.1. The summed E-state index contributed by atoms with van der Waals surface area (Å²) in [6.07, 6.45) is 0.254. The van der Waals surface area contributed by atoms with Gasteiger partial charge in [0.1, 0.15) is 6.07 Å². The molecule has 0 spiro atoms. The summed E-state index contributed by atoms with van der Waals surface area (Å²) in [6, 6.07) is 16.1. The van der Waals surface area contributed by atoms with Crippen molar-refractivity contribution in [3.63, 3.8) is 0 Å². The summed E-state index contributed by atoms with van der Waals surface area (Å²) in [4.78, 5) is 23.3. The van der Waals surface area contributed by atoms with Crippen molar-refractivity contribution in [2.45, 2.75) is 13.3 Å². The molecule has 0 bridgehead atoms. The molecule has 0 fully saturated rings. The number of para-hydroxylation sites is 1. The van der Waals surface area contributed by atoms with Gasteiger partial charge in [0.25, 0.3) is 0 Å². The van der Waals surface area contributed by atoms with Gasteiger partial charge in [-0.3, -0.25) is 9.59 Å². The van der Waals surface area contributed by atoms with E-state index in [-0.39, 0.29) is 18.1 Å². The highest BCUT2D eigenvalue weighted by Crippen LogP contribution is 2.14. The lowest BCUT2D eigenvalue weighted by molar-refractivity contribution is -0.115. The van der Waals surface area contributed by atoms with E-state index in [9.17, 15) is 9.59 Å². The number of benzene rings is 2. The molecule has 0 radical (unpaired) electrons. The molecule has 5 nitrogen and oxygen atoms in total. The monoisotopic (exact) mass is 307 g/mol. The zero-order chi connectivity index (χ0) is 16.7. The van der Waals surface area contributed by atoms with Crippen LogP contribution in [0.15, 0.2) is 48.5 Å². The quantitative estimate of drug-likeness (QED) is 0.803. The molecule has 2 rings (SSSR count). The van der Waals surface area contributed by atoms with E-state index < -0.39 is 0 Å². The van der Waals surface area contributed by atoms with Crippen molar-refractivity contribution in [1.29, 1.82) is 5.26 Å². The van der Waals surface area contributed by atoms with Crippen LogP contribution in [0, 0.1) is 11.3 Å². The summed E-state index contributed by atoms with van der Waals surface area (Å²) in [5.74, 6) is -0.205. The number of carbonyl (C=O) groups is 2. The number of rotatable bonds is 6. The summed E-state index contributed by atoms with van der Waals surface area (Å²) in [5.41, 5.74) is 2.41. The highest BCUT2D eigenvalue weighted by molar-refractivity contribution is 5.97. The van der Waals surface area contributed by atoms with Gasteiger partial charge >= 0.3 is 0 Å². The van der Waals surface area contributed by atoms with Gasteiger partial charge in [-0.15, -0.1) is 0 Å². The third kappa shape index (κ3) is 4.68. The molecule has 2 aromatic rings. The summed E-state index contributed by atoms with van der Waals surface area (Å²) in [5, 5.41) is 14.8. The van der Waals surface area contributed by atoms with Gasteiger partial charge in [0.2, 0.25) is 5.91 Å². The van der Waals surface area contributed by atoms with Gasteiger partial charge in [-0.1, -0.05) is 24.3 Å². The average Bonchev–Trinajstić information content (AvgIpc) is 2.55. The first-order valence-electron chi connectivity index (χ1n) is 7.24. The van der Waals surface area contributed by atoms with Crippen LogP contribution >= 0.6 is 0 Å². The molecule has 0 aliphatic heterocycles. The Hall–Kier alpha value is -3.13. The van der Waals surface area contributed by atoms with Crippen molar-refractivity contribution in [2.24, 2.45) is 0 Å². The van der Waals surface area contributed by atoms with E-state index in [4.69, 9.17) is 5.26 Å². The van der Waals surface area contributed by atoms with Crippen LogP contribution in [0.3, 0.4) is 0 Å². The second-order valence-electron chi connectivity index (χ2n) is 5.02. The lowest BCUT2D eigenvalue weighted by Gasteiger charge is -2.09. The lowest BCUT2D eigenvalue weighted by Crippen LogP contribution is -2.16. The summed E-state index contributed by atoms with van der Waals surface area (Å²) >= 11 is 0. The van der Waals surface area contributed by atoms with Crippen LogP contribution < -0.4 is 10.6 Å². The maximum Gasteiger partial charge on any atom is 0.226 e. The number of nitrogens with one attached hydrogen (secondary N) is 2. The molecule has 0 heterocycles. The van der Waals surface area contributed by atoms with Crippen LogP contribution in [0.5, 0.6) is 0 Å². The van der Waals surface area contributed by atoms with Crippen LogP contribution in [0.25, 0.3) is 0 Å². The molecule has 0 atom stereocenters. The first-order valence-corrected chi connectivity index (χ1v) is 7.24. The Labute approximate surface area is 134 Å². The third-order valence-corrected chi connectivity index (χ3v) is 3.27. The number of amides is 1. The van der Waals surface area contributed by atoms with E-state index in [0.29, 0.717) is 29.0 Å². The number of Topliss-reactive ketones (excluding diaryl/α,β-unsaturated/α-hetero) is 1. The maximum atomic E-state index is 11.9. The van der Waals surface area contributed by atoms with Gasteiger partial charge in [0.05, 0.1) is 11.3 Å². The standard InChI is InChI=1S/C18H17N3O2/c1-13(22)14-6-4-7-16(11-14)21-18(23)9-10-20-17-8-3-2-5-15(17)12-19/h2-8,11,20H,9-10H2,1H3,(H,21,23).